The second kappa shape index (κ2) is 8.69. The summed E-state index contributed by atoms with van der Waals surface area (Å²) in [7, 11) is 0. The van der Waals surface area contributed by atoms with Crippen LogP contribution in [0, 0.1) is 6.92 Å². The summed E-state index contributed by atoms with van der Waals surface area (Å²) in [6.07, 6.45) is 0.443. The Morgan fingerprint density at radius 1 is 0.571 bits per heavy atom. The van der Waals surface area contributed by atoms with E-state index in [1.165, 1.54) is 16.2 Å². The molecule has 1 nitrogen and oxygen atoms in total. The highest BCUT2D eigenvalue weighted by Crippen LogP contribution is 2.41. The fourth-order valence-electron chi connectivity index (χ4n) is 5.47. The van der Waals surface area contributed by atoms with Crippen molar-refractivity contribution in [3.63, 3.8) is 0 Å². The topological polar surface area (TPSA) is 20.2 Å². The van der Waals surface area contributed by atoms with Crippen LogP contribution in [-0.4, -0.2) is 10.7 Å². The third-order valence-corrected chi connectivity index (χ3v) is 7.10. The van der Waals surface area contributed by atoms with Crippen LogP contribution in [-0.2, 0) is 6.42 Å². The molecule has 0 aliphatic rings. The van der Waals surface area contributed by atoms with E-state index in [1.807, 2.05) is 0 Å². The molecule has 35 heavy (non-hydrogen) atoms. The molecule has 1 N–H and O–H groups in total. The van der Waals surface area contributed by atoms with Gasteiger partial charge in [-0.25, -0.2) is 0 Å². The van der Waals surface area contributed by atoms with Crippen LogP contribution in [0.5, 0.6) is 0 Å². The molecule has 0 saturated heterocycles. The van der Waals surface area contributed by atoms with Crippen molar-refractivity contribution in [2.45, 2.75) is 17.9 Å². The summed E-state index contributed by atoms with van der Waals surface area (Å²) in [5, 5.41) is 19.2. The Morgan fingerprint density at radius 2 is 1.14 bits per heavy atom. The van der Waals surface area contributed by atoms with Gasteiger partial charge in [-0.1, -0.05) is 127 Å². The van der Waals surface area contributed by atoms with E-state index in [4.69, 9.17) is 0 Å². The summed E-state index contributed by atoms with van der Waals surface area (Å²) in [5.74, 6) is -0.301. The number of aliphatic hydroxyl groups is 1. The third kappa shape index (κ3) is 4.09. The maximum Gasteiger partial charge on any atom is 0.0797 e. The first-order chi connectivity index (χ1) is 17.1. The van der Waals surface area contributed by atoms with E-state index < -0.39 is 5.60 Å². The number of rotatable bonds is 5. The van der Waals surface area contributed by atoms with Crippen LogP contribution in [0.2, 0.25) is 0 Å². The Balaban J connectivity index is 1.52. The molecular weight excluding hydrogens is 424 g/mol. The van der Waals surface area contributed by atoms with Crippen molar-refractivity contribution in [1.82, 2.24) is 0 Å². The number of hydrogen-bond donors (Lipinski definition) is 1. The molecule has 169 valence electrons. The Labute approximate surface area is 206 Å². The largest absolute Gasteiger partial charge is 0.389 e. The van der Waals surface area contributed by atoms with Crippen LogP contribution in [0.1, 0.15) is 22.6 Å². The number of hydrogen-bond acceptors (Lipinski definition) is 1. The zero-order valence-corrected chi connectivity index (χ0v) is 19.6. The van der Waals surface area contributed by atoms with Crippen molar-refractivity contribution in [2.75, 3.05) is 0 Å². The maximum atomic E-state index is 12.1. The minimum absolute atomic E-state index is 0.301. The number of benzene rings is 6. The van der Waals surface area contributed by atoms with Gasteiger partial charge in [-0.15, -0.1) is 0 Å². The molecule has 2 unspecified atom stereocenters. The second-order valence-corrected chi connectivity index (χ2v) is 9.57. The van der Waals surface area contributed by atoms with Gasteiger partial charge in [0.2, 0.25) is 0 Å². The minimum Gasteiger partial charge on any atom is -0.389 e. The molecule has 0 heterocycles. The van der Waals surface area contributed by atoms with Crippen molar-refractivity contribution >= 4 is 32.3 Å². The van der Waals surface area contributed by atoms with Gasteiger partial charge in [0, 0.05) is 12.3 Å². The van der Waals surface area contributed by atoms with Crippen molar-refractivity contribution in [3.05, 3.63) is 151 Å². The van der Waals surface area contributed by atoms with E-state index in [1.54, 1.807) is 0 Å². The molecule has 0 amide bonds. The summed E-state index contributed by atoms with van der Waals surface area (Å²) in [6, 6.07) is 44.4. The zero-order chi connectivity index (χ0) is 23.8. The summed E-state index contributed by atoms with van der Waals surface area (Å²) in [4.78, 5) is 0. The van der Waals surface area contributed by atoms with Gasteiger partial charge in [0.25, 0.3) is 0 Å². The van der Waals surface area contributed by atoms with Crippen molar-refractivity contribution in [3.8, 4) is 0 Å². The van der Waals surface area contributed by atoms with Crippen molar-refractivity contribution in [2.24, 2.45) is 0 Å². The van der Waals surface area contributed by atoms with Crippen molar-refractivity contribution < 1.29 is 5.11 Å². The lowest BCUT2D eigenvalue weighted by molar-refractivity contribution is 0.0711. The minimum atomic E-state index is -1.25. The highest BCUT2D eigenvalue weighted by atomic mass is 16.3. The van der Waals surface area contributed by atoms with Crippen LogP contribution in [0.25, 0.3) is 32.3 Å². The molecule has 0 saturated carbocycles. The van der Waals surface area contributed by atoms with E-state index in [0.717, 1.165) is 32.8 Å². The monoisotopic (exact) mass is 451 g/mol. The Kier molecular flexibility index (Phi) is 5.36. The SMILES string of the molecule is [CH2]C(O)(Cc1ccc2ccccc2c1)C(c1ccc2ccccc2c1)c1cccc2ccccc12. The molecule has 0 spiro atoms. The van der Waals surface area contributed by atoms with E-state index >= 15 is 0 Å². The van der Waals surface area contributed by atoms with Gasteiger partial charge >= 0.3 is 0 Å². The van der Waals surface area contributed by atoms with Gasteiger partial charge in [0.15, 0.2) is 0 Å². The smallest absolute Gasteiger partial charge is 0.0797 e. The molecule has 0 fully saturated rings. The predicted molar refractivity (Wildman–Crippen MR) is 148 cm³/mol. The van der Waals surface area contributed by atoms with Gasteiger partial charge in [-0.2, -0.15) is 0 Å². The molecule has 0 aliphatic carbocycles. The molecule has 0 bridgehead atoms. The Bertz CT molecular complexity index is 1660. The fourth-order valence-corrected chi connectivity index (χ4v) is 5.47. The highest BCUT2D eigenvalue weighted by Gasteiger charge is 2.36. The molecular formula is C34H27O. The zero-order valence-electron chi connectivity index (χ0n) is 19.6. The van der Waals surface area contributed by atoms with Gasteiger partial charge < -0.3 is 5.11 Å². The van der Waals surface area contributed by atoms with Crippen LogP contribution in [0.15, 0.2) is 127 Å². The Hall–Kier alpha value is -3.94. The second-order valence-electron chi connectivity index (χ2n) is 9.57. The molecule has 0 aliphatic heterocycles. The van der Waals surface area contributed by atoms with Gasteiger partial charge in [-0.3, -0.25) is 0 Å². The van der Waals surface area contributed by atoms with Crippen LogP contribution < -0.4 is 0 Å². The van der Waals surface area contributed by atoms with E-state index in [0.29, 0.717) is 6.42 Å². The van der Waals surface area contributed by atoms with Gasteiger partial charge in [0.1, 0.15) is 0 Å². The molecule has 1 radical (unpaired) electrons. The first kappa shape index (κ1) is 21.6. The summed E-state index contributed by atoms with van der Waals surface area (Å²) >= 11 is 0. The van der Waals surface area contributed by atoms with E-state index in [9.17, 15) is 5.11 Å². The predicted octanol–water partition coefficient (Wildman–Crippen LogP) is 8.09. The van der Waals surface area contributed by atoms with Gasteiger partial charge in [0.05, 0.1) is 5.60 Å². The van der Waals surface area contributed by atoms with Crippen LogP contribution >= 0.6 is 0 Å². The van der Waals surface area contributed by atoms with Gasteiger partial charge in [-0.05, 0) is 55.9 Å². The van der Waals surface area contributed by atoms with Crippen LogP contribution in [0.4, 0.5) is 0 Å². The standard InChI is InChI=1S/C34H27O/c1-34(35,23-24-17-18-25-9-2-4-12-28(25)21-24)33(30-20-19-26-10-3-5-13-29(26)22-30)32-16-8-14-27-11-6-7-15-31(27)32/h2-22,33,35H,1,23H2. The fraction of sp³-hybridized carbons (Fsp3) is 0.0882. The third-order valence-electron chi connectivity index (χ3n) is 7.10. The van der Waals surface area contributed by atoms with Crippen molar-refractivity contribution in [1.29, 1.82) is 0 Å². The lowest BCUT2D eigenvalue weighted by Crippen LogP contribution is -2.36. The molecule has 6 aromatic rings. The quantitative estimate of drug-likeness (QED) is 0.281. The number of fused-ring (bicyclic) bond motifs is 3. The van der Waals surface area contributed by atoms with Crippen LogP contribution in [0.3, 0.4) is 0 Å². The highest BCUT2D eigenvalue weighted by molar-refractivity contribution is 5.88. The maximum absolute atomic E-state index is 12.1. The average Bonchev–Trinajstić information content (AvgIpc) is 2.88. The summed E-state index contributed by atoms with van der Waals surface area (Å²) in [5.41, 5.74) is 1.98. The first-order valence-electron chi connectivity index (χ1n) is 12.1. The molecule has 1 heteroatoms. The molecule has 6 aromatic carbocycles. The molecule has 6 rings (SSSR count). The summed E-state index contributed by atoms with van der Waals surface area (Å²) < 4.78 is 0. The summed E-state index contributed by atoms with van der Waals surface area (Å²) in [6.45, 7) is 4.44. The first-order valence-corrected chi connectivity index (χ1v) is 12.1. The average molecular weight is 452 g/mol. The lowest BCUT2D eigenvalue weighted by atomic mass is 9.73. The van der Waals surface area contributed by atoms with E-state index in [2.05, 4.69) is 134 Å². The normalized spacial score (nSPS) is 14.2. The van der Waals surface area contributed by atoms with E-state index in [-0.39, 0.29) is 5.92 Å². The molecule has 0 aromatic heterocycles. The lowest BCUT2D eigenvalue weighted by Gasteiger charge is -2.35. The Morgan fingerprint density at radius 3 is 1.89 bits per heavy atom. The molecule has 2 atom stereocenters.